The fourth-order valence-corrected chi connectivity index (χ4v) is 4.25. The third-order valence-corrected chi connectivity index (χ3v) is 5.62. The topological polar surface area (TPSA) is 29.9 Å². The Morgan fingerprint density at radius 1 is 1.20 bits per heavy atom. The van der Waals surface area contributed by atoms with Crippen molar-refractivity contribution < 1.29 is 0 Å². The third kappa shape index (κ3) is 3.09. The van der Waals surface area contributed by atoms with E-state index < -0.39 is 0 Å². The van der Waals surface area contributed by atoms with Crippen LogP contribution in [0.15, 0.2) is 36.5 Å². The first kappa shape index (κ1) is 16.3. The van der Waals surface area contributed by atoms with Crippen LogP contribution in [0.2, 0.25) is 0 Å². The highest BCUT2D eigenvalue weighted by Crippen LogP contribution is 2.36. The van der Waals surface area contributed by atoms with Gasteiger partial charge in [0.25, 0.3) is 0 Å². The zero-order valence-corrected chi connectivity index (χ0v) is 15.5. The number of nitrogens with zero attached hydrogens (tertiary/aromatic N) is 2. The minimum absolute atomic E-state index is 0.601. The van der Waals surface area contributed by atoms with E-state index in [-0.39, 0.29) is 0 Å². The van der Waals surface area contributed by atoms with Crippen LogP contribution in [-0.2, 0) is 20.0 Å². The molecule has 1 atom stereocenters. The van der Waals surface area contributed by atoms with E-state index >= 15 is 0 Å². The summed E-state index contributed by atoms with van der Waals surface area (Å²) < 4.78 is 2.44. The van der Waals surface area contributed by atoms with Crippen LogP contribution in [0.5, 0.6) is 0 Å². The van der Waals surface area contributed by atoms with Crippen LogP contribution in [0.4, 0.5) is 0 Å². The summed E-state index contributed by atoms with van der Waals surface area (Å²) in [6, 6.07) is 11.2. The Bertz CT molecular complexity index is 890. The summed E-state index contributed by atoms with van der Waals surface area (Å²) in [6.07, 6.45) is 5.52. The summed E-state index contributed by atoms with van der Waals surface area (Å²) in [7, 11) is 2.24. The molecule has 3 aromatic rings. The Morgan fingerprint density at radius 3 is 2.88 bits per heavy atom. The van der Waals surface area contributed by atoms with Gasteiger partial charge in [0, 0.05) is 48.0 Å². The van der Waals surface area contributed by atoms with E-state index in [9.17, 15) is 0 Å². The van der Waals surface area contributed by atoms with Gasteiger partial charge in [0.1, 0.15) is 0 Å². The number of pyridine rings is 1. The Hall–Kier alpha value is -2.13. The molecule has 0 aliphatic carbocycles. The van der Waals surface area contributed by atoms with Gasteiger partial charge in [0.15, 0.2) is 0 Å². The van der Waals surface area contributed by atoms with Gasteiger partial charge in [-0.05, 0) is 69.0 Å². The SMILES string of the molecule is Cc1ccc2c(c1)c1c(n2C)C(CCc2ccc(C)nc2)CCNC1. The van der Waals surface area contributed by atoms with Gasteiger partial charge in [-0.15, -0.1) is 0 Å². The maximum Gasteiger partial charge on any atom is 0.0483 e. The molecule has 4 rings (SSSR count). The molecule has 0 amide bonds. The van der Waals surface area contributed by atoms with Crippen molar-refractivity contribution in [1.82, 2.24) is 14.9 Å². The molecule has 1 N–H and O–H groups in total. The first-order chi connectivity index (χ1) is 12.1. The molecule has 3 heterocycles. The molecule has 2 aromatic heterocycles. The summed E-state index contributed by atoms with van der Waals surface area (Å²) in [5.41, 5.74) is 8.18. The maximum absolute atomic E-state index is 4.45. The van der Waals surface area contributed by atoms with E-state index in [1.165, 1.54) is 46.1 Å². The first-order valence-corrected chi connectivity index (χ1v) is 9.33. The summed E-state index contributed by atoms with van der Waals surface area (Å²) in [5, 5.41) is 5.06. The smallest absolute Gasteiger partial charge is 0.0483 e. The van der Waals surface area contributed by atoms with E-state index in [0.29, 0.717) is 5.92 Å². The molecule has 0 radical (unpaired) electrons. The van der Waals surface area contributed by atoms with Crippen molar-refractivity contribution >= 4 is 10.9 Å². The van der Waals surface area contributed by atoms with Gasteiger partial charge >= 0.3 is 0 Å². The van der Waals surface area contributed by atoms with Gasteiger partial charge in [-0.3, -0.25) is 4.98 Å². The molecule has 0 fully saturated rings. The fraction of sp³-hybridized carbons (Fsp3) is 0.409. The fourth-order valence-electron chi connectivity index (χ4n) is 4.25. The van der Waals surface area contributed by atoms with Crippen LogP contribution in [-0.4, -0.2) is 16.1 Å². The normalized spacial score (nSPS) is 17.5. The van der Waals surface area contributed by atoms with Gasteiger partial charge < -0.3 is 9.88 Å². The van der Waals surface area contributed by atoms with E-state index in [1.54, 1.807) is 0 Å². The van der Waals surface area contributed by atoms with Crippen molar-refractivity contribution in [2.75, 3.05) is 6.54 Å². The summed E-state index contributed by atoms with van der Waals surface area (Å²) in [5.74, 6) is 0.601. The Kier molecular flexibility index (Phi) is 4.34. The third-order valence-electron chi connectivity index (χ3n) is 5.62. The van der Waals surface area contributed by atoms with Gasteiger partial charge in [0.05, 0.1) is 0 Å². The number of hydrogen-bond donors (Lipinski definition) is 1. The molecule has 25 heavy (non-hydrogen) atoms. The second-order valence-electron chi connectivity index (χ2n) is 7.45. The van der Waals surface area contributed by atoms with Crippen molar-refractivity contribution in [3.05, 3.63) is 64.6 Å². The van der Waals surface area contributed by atoms with E-state index in [2.05, 4.69) is 59.2 Å². The summed E-state index contributed by atoms with van der Waals surface area (Å²) >= 11 is 0. The van der Waals surface area contributed by atoms with Crippen molar-refractivity contribution in [2.45, 2.75) is 45.6 Å². The summed E-state index contributed by atoms with van der Waals surface area (Å²) in [4.78, 5) is 4.45. The Balaban J connectivity index is 1.68. The van der Waals surface area contributed by atoms with Crippen molar-refractivity contribution in [3.63, 3.8) is 0 Å². The predicted octanol–water partition coefficient (Wildman–Crippen LogP) is 4.40. The van der Waals surface area contributed by atoms with E-state index in [4.69, 9.17) is 0 Å². The highest BCUT2D eigenvalue weighted by Gasteiger charge is 2.24. The van der Waals surface area contributed by atoms with Gasteiger partial charge in [-0.2, -0.15) is 0 Å². The quantitative estimate of drug-likeness (QED) is 0.770. The number of hydrogen-bond acceptors (Lipinski definition) is 2. The second kappa shape index (κ2) is 6.64. The molecule has 3 nitrogen and oxygen atoms in total. The predicted molar refractivity (Wildman–Crippen MR) is 104 cm³/mol. The number of aromatic nitrogens is 2. The molecule has 3 heteroatoms. The standard InChI is InChI=1S/C22H27N3/c1-15-4-9-21-19(12-15)20-14-23-11-10-18(22(20)25(21)3)8-7-17-6-5-16(2)24-13-17/h4-6,9,12-13,18,23H,7-8,10-11,14H2,1-3H3. The molecular weight excluding hydrogens is 306 g/mol. The number of nitrogens with one attached hydrogen (secondary N) is 1. The summed E-state index contributed by atoms with van der Waals surface area (Å²) in [6.45, 7) is 6.31. The van der Waals surface area contributed by atoms with Gasteiger partial charge in [0.2, 0.25) is 0 Å². The van der Waals surface area contributed by atoms with Gasteiger partial charge in [-0.25, -0.2) is 0 Å². The number of fused-ring (bicyclic) bond motifs is 3. The van der Waals surface area contributed by atoms with E-state index in [1.807, 2.05) is 13.1 Å². The molecule has 1 aromatic carbocycles. The van der Waals surface area contributed by atoms with Gasteiger partial charge in [-0.1, -0.05) is 17.7 Å². The Labute approximate surface area is 150 Å². The lowest BCUT2D eigenvalue weighted by Crippen LogP contribution is -2.13. The molecule has 0 bridgehead atoms. The van der Waals surface area contributed by atoms with Crippen molar-refractivity contribution in [3.8, 4) is 0 Å². The maximum atomic E-state index is 4.45. The molecule has 1 aliphatic heterocycles. The monoisotopic (exact) mass is 333 g/mol. The lowest BCUT2D eigenvalue weighted by Gasteiger charge is -2.18. The Morgan fingerprint density at radius 2 is 2.08 bits per heavy atom. The average Bonchev–Trinajstić information content (AvgIpc) is 2.76. The largest absolute Gasteiger partial charge is 0.347 e. The molecule has 1 aliphatic rings. The van der Waals surface area contributed by atoms with Crippen LogP contribution in [0, 0.1) is 13.8 Å². The zero-order valence-electron chi connectivity index (χ0n) is 15.5. The van der Waals surface area contributed by atoms with Crippen LogP contribution >= 0.6 is 0 Å². The number of aryl methyl sites for hydroxylation is 4. The van der Waals surface area contributed by atoms with Crippen LogP contribution in [0.3, 0.4) is 0 Å². The second-order valence-corrected chi connectivity index (χ2v) is 7.45. The van der Waals surface area contributed by atoms with Crippen molar-refractivity contribution in [1.29, 1.82) is 0 Å². The lowest BCUT2D eigenvalue weighted by molar-refractivity contribution is 0.542. The minimum atomic E-state index is 0.601. The average molecular weight is 333 g/mol. The first-order valence-electron chi connectivity index (χ1n) is 9.33. The molecule has 130 valence electrons. The lowest BCUT2D eigenvalue weighted by atomic mass is 9.92. The molecule has 0 saturated heterocycles. The molecule has 0 saturated carbocycles. The number of benzene rings is 1. The molecular formula is C22H27N3. The van der Waals surface area contributed by atoms with Crippen LogP contribution in [0.1, 0.15) is 46.8 Å². The van der Waals surface area contributed by atoms with Crippen LogP contribution in [0.25, 0.3) is 10.9 Å². The number of rotatable bonds is 3. The molecule has 0 spiro atoms. The zero-order chi connectivity index (χ0) is 17.4. The van der Waals surface area contributed by atoms with E-state index in [0.717, 1.165) is 25.2 Å². The highest BCUT2D eigenvalue weighted by molar-refractivity contribution is 5.86. The highest BCUT2D eigenvalue weighted by atomic mass is 15.0. The van der Waals surface area contributed by atoms with Crippen LogP contribution < -0.4 is 5.32 Å². The molecule has 1 unspecified atom stereocenters. The van der Waals surface area contributed by atoms with Crippen molar-refractivity contribution in [2.24, 2.45) is 7.05 Å². The minimum Gasteiger partial charge on any atom is -0.347 e.